The molecule has 3 heteroatoms. The van der Waals surface area contributed by atoms with E-state index in [1.807, 2.05) is 6.07 Å². The maximum Gasteiger partial charge on any atom is 0.0953 e. The van der Waals surface area contributed by atoms with Crippen LogP contribution in [0.1, 0.15) is 27.6 Å². The Labute approximate surface area is 87.4 Å². The molecule has 0 fully saturated rings. The minimum absolute atomic E-state index is 0.0568. The van der Waals surface area contributed by atoms with E-state index in [0.717, 1.165) is 5.56 Å². The van der Waals surface area contributed by atoms with Crippen molar-refractivity contribution in [3.63, 3.8) is 0 Å². The monoisotopic (exact) mass is 207 g/mol. The molecule has 2 heterocycles. The quantitative estimate of drug-likeness (QED) is 0.822. The first-order valence-corrected chi connectivity index (χ1v) is 5.40. The molecule has 0 radical (unpaired) electrons. The average molecular weight is 207 g/mol. The topological polar surface area (TPSA) is 39.2 Å². The van der Waals surface area contributed by atoms with Gasteiger partial charge in [0.1, 0.15) is 0 Å². The molecule has 0 saturated heterocycles. The highest BCUT2D eigenvalue weighted by Crippen LogP contribution is 2.28. The number of hydrogen-bond donors (Lipinski definition) is 1. The molecule has 14 heavy (non-hydrogen) atoms. The molecular formula is C11H13NOS. The van der Waals surface area contributed by atoms with Crippen LogP contribution in [0.15, 0.2) is 28.4 Å². The second-order valence-electron chi connectivity index (χ2n) is 3.41. The second kappa shape index (κ2) is 3.59. The Balaban J connectivity index is 2.36. The zero-order valence-electron chi connectivity index (χ0n) is 8.28. The molecule has 0 bridgehead atoms. The highest BCUT2D eigenvalue weighted by molar-refractivity contribution is 7.10. The summed E-state index contributed by atoms with van der Waals surface area (Å²) in [6.45, 7) is 4.23. The lowest BCUT2D eigenvalue weighted by Gasteiger charge is -2.08. The average Bonchev–Trinajstić information content (AvgIpc) is 2.77. The molecule has 0 aliphatic heterocycles. The molecule has 0 aromatic carbocycles. The van der Waals surface area contributed by atoms with Gasteiger partial charge in [-0.2, -0.15) is 0 Å². The molecule has 0 saturated carbocycles. The van der Waals surface area contributed by atoms with Gasteiger partial charge in [0.2, 0.25) is 0 Å². The van der Waals surface area contributed by atoms with E-state index in [4.69, 9.17) is 10.2 Å². The van der Waals surface area contributed by atoms with Crippen LogP contribution in [0.2, 0.25) is 0 Å². The molecule has 2 nitrogen and oxygen atoms in total. The van der Waals surface area contributed by atoms with Gasteiger partial charge in [0.05, 0.1) is 18.6 Å². The minimum atomic E-state index is -0.0568. The van der Waals surface area contributed by atoms with E-state index < -0.39 is 0 Å². The highest BCUT2D eigenvalue weighted by Gasteiger charge is 2.14. The Bertz CT molecular complexity index is 416. The van der Waals surface area contributed by atoms with Crippen molar-refractivity contribution < 1.29 is 4.42 Å². The van der Waals surface area contributed by atoms with Crippen molar-refractivity contribution >= 4 is 11.3 Å². The molecule has 2 N–H and O–H groups in total. The summed E-state index contributed by atoms with van der Waals surface area (Å²) in [5.74, 6) is 0. The fourth-order valence-electron chi connectivity index (χ4n) is 1.47. The number of rotatable bonds is 2. The Morgan fingerprint density at radius 2 is 2.21 bits per heavy atom. The summed E-state index contributed by atoms with van der Waals surface area (Å²) in [4.78, 5) is 1.33. The molecule has 2 aromatic rings. The highest BCUT2D eigenvalue weighted by atomic mass is 32.1. The second-order valence-corrected chi connectivity index (χ2v) is 4.49. The van der Waals surface area contributed by atoms with E-state index >= 15 is 0 Å². The molecule has 2 rings (SSSR count). The fraction of sp³-hybridized carbons (Fsp3) is 0.273. The van der Waals surface area contributed by atoms with Crippen molar-refractivity contribution in [3.05, 3.63) is 45.5 Å². The van der Waals surface area contributed by atoms with E-state index in [1.165, 1.54) is 16.0 Å². The first-order chi connectivity index (χ1) is 6.70. The lowest BCUT2D eigenvalue weighted by Crippen LogP contribution is -2.11. The van der Waals surface area contributed by atoms with Gasteiger partial charge in [-0.05, 0) is 36.4 Å². The van der Waals surface area contributed by atoms with Crippen LogP contribution in [-0.4, -0.2) is 0 Å². The minimum Gasteiger partial charge on any atom is -0.472 e. The summed E-state index contributed by atoms with van der Waals surface area (Å²) in [5, 5.41) is 2.13. The van der Waals surface area contributed by atoms with Crippen LogP contribution in [0.25, 0.3) is 0 Å². The summed E-state index contributed by atoms with van der Waals surface area (Å²) in [6, 6.07) is 1.86. The van der Waals surface area contributed by atoms with E-state index in [9.17, 15) is 0 Å². The third-order valence-corrected chi connectivity index (χ3v) is 3.59. The molecule has 1 atom stereocenters. The summed E-state index contributed by atoms with van der Waals surface area (Å²) < 4.78 is 5.03. The smallest absolute Gasteiger partial charge is 0.0953 e. The molecular weight excluding hydrogens is 194 g/mol. The Kier molecular flexibility index (Phi) is 2.44. The van der Waals surface area contributed by atoms with Crippen molar-refractivity contribution in [1.82, 2.24) is 0 Å². The maximum absolute atomic E-state index is 6.12. The van der Waals surface area contributed by atoms with E-state index in [0.29, 0.717) is 0 Å². The van der Waals surface area contributed by atoms with Crippen molar-refractivity contribution in [2.24, 2.45) is 5.73 Å². The molecule has 0 aliphatic carbocycles. The molecule has 1 unspecified atom stereocenters. The Morgan fingerprint density at radius 1 is 1.43 bits per heavy atom. The normalized spacial score (nSPS) is 13.1. The SMILES string of the molecule is Cc1scc(C(N)c2ccoc2)c1C. The maximum atomic E-state index is 6.12. The third kappa shape index (κ3) is 1.49. The van der Waals surface area contributed by atoms with Gasteiger partial charge in [0, 0.05) is 10.4 Å². The standard InChI is InChI=1S/C11H13NOS/c1-7-8(2)14-6-10(7)11(12)9-3-4-13-5-9/h3-6,11H,12H2,1-2H3. The van der Waals surface area contributed by atoms with Gasteiger partial charge < -0.3 is 10.2 Å². The summed E-state index contributed by atoms with van der Waals surface area (Å²) in [7, 11) is 0. The van der Waals surface area contributed by atoms with Gasteiger partial charge in [0.25, 0.3) is 0 Å². The predicted molar refractivity (Wildman–Crippen MR) is 58.5 cm³/mol. The van der Waals surface area contributed by atoms with Crippen LogP contribution in [-0.2, 0) is 0 Å². The van der Waals surface area contributed by atoms with Gasteiger partial charge in [-0.3, -0.25) is 0 Å². The van der Waals surface area contributed by atoms with Crippen LogP contribution in [0, 0.1) is 13.8 Å². The summed E-state index contributed by atoms with van der Waals surface area (Å²) in [5.41, 5.74) is 9.65. The Morgan fingerprint density at radius 3 is 2.71 bits per heavy atom. The summed E-state index contributed by atoms with van der Waals surface area (Å²) in [6.07, 6.45) is 3.36. The van der Waals surface area contributed by atoms with E-state index in [2.05, 4.69) is 19.2 Å². The predicted octanol–water partition coefficient (Wildman–Crippen LogP) is 3.01. The first-order valence-electron chi connectivity index (χ1n) is 4.52. The molecule has 0 aliphatic rings. The number of furan rings is 1. The number of aryl methyl sites for hydroxylation is 1. The van der Waals surface area contributed by atoms with Crippen LogP contribution in [0.4, 0.5) is 0 Å². The van der Waals surface area contributed by atoms with Crippen LogP contribution >= 0.6 is 11.3 Å². The van der Waals surface area contributed by atoms with Gasteiger partial charge in [-0.1, -0.05) is 0 Å². The first kappa shape index (κ1) is 9.49. The van der Waals surface area contributed by atoms with Gasteiger partial charge in [-0.25, -0.2) is 0 Å². The van der Waals surface area contributed by atoms with Gasteiger partial charge >= 0.3 is 0 Å². The molecule has 2 aromatic heterocycles. The van der Waals surface area contributed by atoms with Crippen molar-refractivity contribution in [2.75, 3.05) is 0 Å². The lowest BCUT2D eigenvalue weighted by atomic mass is 10.0. The van der Waals surface area contributed by atoms with E-state index in [1.54, 1.807) is 23.9 Å². The fourth-order valence-corrected chi connectivity index (χ4v) is 2.39. The number of thiophene rings is 1. The molecule has 74 valence electrons. The lowest BCUT2D eigenvalue weighted by molar-refractivity contribution is 0.562. The van der Waals surface area contributed by atoms with Crippen molar-refractivity contribution in [2.45, 2.75) is 19.9 Å². The van der Waals surface area contributed by atoms with Crippen LogP contribution in [0.3, 0.4) is 0 Å². The van der Waals surface area contributed by atoms with Crippen molar-refractivity contribution in [1.29, 1.82) is 0 Å². The third-order valence-electron chi connectivity index (χ3n) is 2.56. The number of nitrogens with two attached hydrogens (primary N) is 1. The largest absolute Gasteiger partial charge is 0.472 e. The zero-order valence-corrected chi connectivity index (χ0v) is 9.10. The van der Waals surface area contributed by atoms with Crippen LogP contribution in [0.5, 0.6) is 0 Å². The zero-order chi connectivity index (χ0) is 10.1. The molecule has 0 spiro atoms. The number of hydrogen-bond acceptors (Lipinski definition) is 3. The van der Waals surface area contributed by atoms with Crippen LogP contribution < -0.4 is 5.73 Å². The van der Waals surface area contributed by atoms with Gasteiger partial charge in [-0.15, -0.1) is 11.3 Å². The van der Waals surface area contributed by atoms with Gasteiger partial charge in [0.15, 0.2) is 0 Å². The Hall–Kier alpha value is -1.06. The summed E-state index contributed by atoms with van der Waals surface area (Å²) >= 11 is 1.75. The molecule has 0 amide bonds. The van der Waals surface area contributed by atoms with Crippen molar-refractivity contribution in [3.8, 4) is 0 Å². The van der Waals surface area contributed by atoms with E-state index in [-0.39, 0.29) is 6.04 Å².